The molecule has 0 aliphatic heterocycles. The van der Waals surface area contributed by atoms with Crippen LogP contribution in [-0.4, -0.2) is 21.3 Å². The Morgan fingerprint density at radius 1 is 1.21 bits per heavy atom. The molecule has 1 amide bonds. The van der Waals surface area contributed by atoms with Crippen LogP contribution in [0.15, 0.2) is 36.4 Å². The fourth-order valence-corrected chi connectivity index (χ4v) is 3.38. The Hall–Kier alpha value is -2.80. The first-order chi connectivity index (χ1) is 13.8. The molecule has 3 aromatic rings. The van der Waals surface area contributed by atoms with Crippen molar-refractivity contribution >= 4 is 22.7 Å². The molecule has 5 nitrogen and oxygen atoms in total. The number of aromatic nitrogens is 2. The molecule has 7 heteroatoms. The van der Waals surface area contributed by atoms with Gasteiger partial charge < -0.3 is 10.1 Å². The number of carbonyl (C=O) groups is 1. The molecule has 29 heavy (non-hydrogen) atoms. The molecule has 152 valence electrons. The van der Waals surface area contributed by atoms with Crippen LogP contribution in [-0.2, 0) is 13.7 Å². The maximum absolute atomic E-state index is 14.0. The topological polar surface area (TPSA) is 56.1 Å². The number of anilines is 1. The van der Waals surface area contributed by atoms with Crippen molar-refractivity contribution in [3.05, 3.63) is 64.6 Å². The molecule has 0 atom stereocenters. The summed E-state index contributed by atoms with van der Waals surface area (Å²) >= 11 is 1.13. The minimum absolute atomic E-state index is 0.115. The van der Waals surface area contributed by atoms with Gasteiger partial charge in [-0.05, 0) is 62.4 Å². The number of hydrogen-bond acceptors (Lipinski definition) is 4. The standard InChI is InChI=1S/C22H24FN3O2S/c1-13-7-6-8-18(24-22(27)29-5)17(13)12-28-19-10-9-16(11-14(19)2)20-15(3)21(23)26(4)25-20/h6-11H,12H2,1-5H3,(H,24,27). The normalized spacial score (nSPS) is 10.8. The van der Waals surface area contributed by atoms with Crippen LogP contribution in [0.3, 0.4) is 0 Å². The number of carbonyl (C=O) groups excluding carboxylic acids is 1. The summed E-state index contributed by atoms with van der Waals surface area (Å²) in [6.45, 7) is 5.98. The average molecular weight is 414 g/mol. The van der Waals surface area contributed by atoms with Gasteiger partial charge in [0.25, 0.3) is 5.24 Å². The van der Waals surface area contributed by atoms with Gasteiger partial charge in [-0.25, -0.2) is 4.68 Å². The van der Waals surface area contributed by atoms with Crippen LogP contribution in [0.1, 0.15) is 22.3 Å². The first-order valence-electron chi connectivity index (χ1n) is 9.18. The van der Waals surface area contributed by atoms with E-state index in [1.165, 1.54) is 4.68 Å². The second-order valence-corrected chi connectivity index (χ2v) is 7.65. The van der Waals surface area contributed by atoms with Gasteiger partial charge in [0.1, 0.15) is 12.4 Å². The Morgan fingerprint density at radius 2 is 1.97 bits per heavy atom. The van der Waals surface area contributed by atoms with E-state index < -0.39 is 0 Å². The van der Waals surface area contributed by atoms with Crippen LogP contribution in [0.4, 0.5) is 14.9 Å². The highest BCUT2D eigenvalue weighted by atomic mass is 32.2. The zero-order chi connectivity index (χ0) is 21.1. The maximum atomic E-state index is 14.0. The van der Waals surface area contributed by atoms with Crippen molar-refractivity contribution in [1.29, 1.82) is 0 Å². The lowest BCUT2D eigenvalue weighted by atomic mass is 10.1. The highest BCUT2D eigenvalue weighted by molar-refractivity contribution is 8.13. The number of hydrogen-bond donors (Lipinski definition) is 1. The fourth-order valence-electron chi connectivity index (χ4n) is 3.16. The van der Waals surface area contributed by atoms with Crippen LogP contribution in [0.5, 0.6) is 5.75 Å². The Bertz CT molecular complexity index is 1060. The molecule has 2 aromatic carbocycles. The van der Waals surface area contributed by atoms with Gasteiger partial charge in [0.2, 0.25) is 5.95 Å². The van der Waals surface area contributed by atoms with Gasteiger partial charge in [-0.15, -0.1) is 0 Å². The zero-order valence-corrected chi connectivity index (χ0v) is 18.0. The van der Waals surface area contributed by atoms with Gasteiger partial charge in [0.15, 0.2) is 0 Å². The molecule has 3 rings (SSSR count). The second-order valence-electron chi connectivity index (χ2n) is 6.87. The minimum Gasteiger partial charge on any atom is -0.489 e. The molecule has 0 bridgehead atoms. The van der Waals surface area contributed by atoms with Crippen molar-refractivity contribution in [3.8, 4) is 17.0 Å². The predicted molar refractivity (Wildman–Crippen MR) is 116 cm³/mol. The second kappa shape index (κ2) is 8.69. The SMILES string of the molecule is CSC(=O)Nc1cccc(C)c1COc1ccc(-c2nn(C)c(F)c2C)cc1C. The third-order valence-electron chi connectivity index (χ3n) is 4.85. The predicted octanol–water partition coefficient (Wildman–Crippen LogP) is 5.63. The molecular formula is C22H24FN3O2S. The maximum Gasteiger partial charge on any atom is 0.283 e. The molecule has 1 aromatic heterocycles. The molecule has 0 spiro atoms. The first-order valence-corrected chi connectivity index (χ1v) is 10.4. The van der Waals surface area contributed by atoms with Crippen molar-refractivity contribution in [3.63, 3.8) is 0 Å². The highest BCUT2D eigenvalue weighted by Crippen LogP contribution is 2.30. The first kappa shape index (κ1) is 20.9. The Balaban J connectivity index is 1.82. The Kier molecular flexibility index (Phi) is 6.27. The molecule has 1 N–H and O–H groups in total. The summed E-state index contributed by atoms with van der Waals surface area (Å²) in [6, 6.07) is 11.5. The fraction of sp³-hybridized carbons (Fsp3) is 0.273. The molecule has 1 heterocycles. The van der Waals surface area contributed by atoms with E-state index in [-0.39, 0.29) is 11.2 Å². The van der Waals surface area contributed by atoms with E-state index in [9.17, 15) is 9.18 Å². The van der Waals surface area contributed by atoms with Crippen molar-refractivity contribution in [2.24, 2.45) is 7.05 Å². The summed E-state index contributed by atoms with van der Waals surface area (Å²) in [4.78, 5) is 11.8. The number of ether oxygens (including phenoxy) is 1. The lowest BCUT2D eigenvalue weighted by Crippen LogP contribution is -2.09. The minimum atomic E-state index is -0.336. The number of amides is 1. The summed E-state index contributed by atoms with van der Waals surface area (Å²) in [5.74, 6) is 0.394. The average Bonchev–Trinajstić information content (AvgIpc) is 2.95. The van der Waals surface area contributed by atoms with Crippen LogP contribution < -0.4 is 10.1 Å². The molecule has 0 aliphatic carbocycles. The van der Waals surface area contributed by atoms with Crippen molar-refractivity contribution in [1.82, 2.24) is 9.78 Å². The zero-order valence-electron chi connectivity index (χ0n) is 17.2. The number of aryl methyl sites for hydroxylation is 3. The van der Waals surface area contributed by atoms with Gasteiger partial charge in [0, 0.05) is 29.4 Å². The van der Waals surface area contributed by atoms with E-state index in [1.54, 1.807) is 20.2 Å². The summed E-state index contributed by atoms with van der Waals surface area (Å²) in [6.07, 6.45) is 1.74. The van der Waals surface area contributed by atoms with Gasteiger partial charge in [-0.1, -0.05) is 23.9 Å². The molecule has 0 saturated carbocycles. The number of nitrogens with one attached hydrogen (secondary N) is 1. The van der Waals surface area contributed by atoms with E-state index in [1.807, 2.05) is 50.2 Å². The number of halogens is 1. The highest BCUT2D eigenvalue weighted by Gasteiger charge is 2.15. The summed E-state index contributed by atoms with van der Waals surface area (Å²) in [5.41, 5.74) is 5.64. The van der Waals surface area contributed by atoms with Gasteiger partial charge in [-0.2, -0.15) is 9.49 Å². The van der Waals surface area contributed by atoms with E-state index in [4.69, 9.17) is 4.74 Å². The molecule has 0 fully saturated rings. The summed E-state index contributed by atoms with van der Waals surface area (Å²) in [5, 5.41) is 7.04. The lowest BCUT2D eigenvalue weighted by Gasteiger charge is -2.15. The molecule has 0 radical (unpaired) electrons. The molecule has 0 aliphatic rings. The quantitative estimate of drug-likeness (QED) is 0.589. The van der Waals surface area contributed by atoms with Crippen molar-refractivity contribution < 1.29 is 13.9 Å². The smallest absolute Gasteiger partial charge is 0.283 e. The molecular weight excluding hydrogens is 389 g/mol. The van der Waals surface area contributed by atoms with Gasteiger partial charge in [-0.3, -0.25) is 4.79 Å². The Labute approximate surface area is 174 Å². The number of rotatable bonds is 5. The van der Waals surface area contributed by atoms with Crippen LogP contribution in [0.25, 0.3) is 11.3 Å². The van der Waals surface area contributed by atoms with Crippen LogP contribution >= 0.6 is 11.8 Å². The van der Waals surface area contributed by atoms with Crippen molar-refractivity contribution in [2.45, 2.75) is 27.4 Å². The van der Waals surface area contributed by atoms with Crippen LogP contribution in [0, 0.1) is 26.7 Å². The Morgan fingerprint density at radius 3 is 2.59 bits per heavy atom. The summed E-state index contributed by atoms with van der Waals surface area (Å²) in [7, 11) is 1.59. The summed E-state index contributed by atoms with van der Waals surface area (Å²) < 4.78 is 21.3. The number of nitrogens with zero attached hydrogens (tertiary/aromatic N) is 2. The molecule has 0 unspecified atom stereocenters. The van der Waals surface area contributed by atoms with Gasteiger partial charge >= 0.3 is 0 Å². The third-order valence-corrected chi connectivity index (χ3v) is 5.32. The van der Waals surface area contributed by atoms with Crippen molar-refractivity contribution in [2.75, 3.05) is 11.6 Å². The van der Waals surface area contributed by atoms with Gasteiger partial charge in [0.05, 0.1) is 5.69 Å². The largest absolute Gasteiger partial charge is 0.489 e. The number of benzene rings is 2. The third kappa shape index (κ3) is 4.45. The number of thioether (sulfide) groups is 1. The lowest BCUT2D eigenvalue weighted by molar-refractivity contribution is 0.269. The molecule has 0 saturated heterocycles. The van der Waals surface area contributed by atoms with E-state index >= 15 is 0 Å². The monoisotopic (exact) mass is 413 g/mol. The van der Waals surface area contributed by atoms with E-state index in [0.29, 0.717) is 17.9 Å². The van der Waals surface area contributed by atoms with E-state index in [2.05, 4.69) is 10.4 Å². The van der Waals surface area contributed by atoms with E-state index in [0.717, 1.165) is 45.5 Å². The van der Waals surface area contributed by atoms with Crippen LogP contribution in [0.2, 0.25) is 0 Å².